The molecule has 2 nitrogen and oxygen atoms in total. The van der Waals surface area contributed by atoms with Crippen LogP contribution in [0.2, 0.25) is 0 Å². The van der Waals surface area contributed by atoms with E-state index in [0.717, 1.165) is 41.8 Å². The summed E-state index contributed by atoms with van der Waals surface area (Å²) in [5.74, 6) is 0. The highest BCUT2D eigenvalue weighted by Crippen LogP contribution is 2.33. The van der Waals surface area contributed by atoms with E-state index >= 15 is 0 Å². The first-order chi connectivity index (χ1) is 9.08. The number of hydrogen-bond acceptors (Lipinski definition) is 2. The number of alkyl halides is 2. The summed E-state index contributed by atoms with van der Waals surface area (Å²) in [5.41, 5.74) is 2.10. The molecule has 0 aliphatic carbocycles. The third-order valence-corrected chi connectivity index (χ3v) is 4.20. The predicted molar refractivity (Wildman–Crippen MR) is 83.9 cm³/mol. The molecule has 0 amide bonds. The zero-order valence-electron chi connectivity index (χ0n) is 11.4. The Bertz CT molecular complexity index is 426. The van der Waals surface area contributed by atoms with Crippen molar-refractivity contribution in [3.05, 3.63) is 33.8 Å². The number of hydrogen-bond donors (Lipinski definition) is 1. The van der Waals surface area contributed by atoms with Crippen LogP contribution >= 0.6 is 28.3 Å². The van der Waals surface area contributed by atoms with Gasteiger partial charge in [-0.15, -0.1) is 12.4 Å². The molecule has 0 unspecified atom stereocenters. The van der Waals surface area contributed by atoms with E-state index in [1.807, 2.05) is 25.1 Å². The maximum absolute atomic E-state index is 12.9. The fraction of sp³-hybridized carbons (Fsp3) is 0.571. The molecular formula is C14H20BrClF2N2. The van der Waals surface area contributed by atoms with Crippen LogP contribution in [0, 0.1) is 6.92 Å². The molecule has 6 heteroatoms. The summed E-state index contributed by atoms with van der Waals surface area (Å²) >= 11 is 3.52. The summed E-state index contributed by atoms with van der Waals surface area (Å²) in [7, 11) is 0. The van der Waals surface area contributed by atoms with E-state index in [0.29, 0.717) is 0 Å². The number of nitrogens with one attached hydrogen (secondary N) is 1. The third kappa shape index (κ3) is 4.65. The van der Waals surface area contributed by atoms with Crippen molar-refractivity contribution < 1.29 is 8.78 Å². The van der Waals surface area contributed by atoms with Gasteiger partial charge in [-0.05, 0) is 24.1 Å². The van der Waals surface area contributed by atoms with Crippen molar-refractivity contribution in [2.45, 2.75) is 25.8 Å². The maximum Gasteiger partial charge on any atom is 0.240 e. The molecule has 1 saturated heterocycles. The van der Waals surface area contributed by atoms with E-state index in [1.165, 1.54) is 0 Å². The topological polar surface area (TPSA) is 15.3 Å². The summed E-state index contributed by atoms with van der Waals surface area (Å²) in [4.78, 5) is 2.15. The van der Waals surface area contributed by atoms with Gasteiger partial charge in [0, 0.05) is 43.1 Å². The number of aryl methyl sites for hydroxylation is 1. The van der Waals surface area contributed by atoms with Gasteiger partial charge in [-0.25, -0.2) is 8.78 Å². The second-order valence-electron chi connectivity index (χ2n) is 4.95. The van der Waals surface area contributed by atoms with Gasteiger partial charge in [0.1, 0.15) is 0 Å². The fourth-order valence-electron chi connectivity index (χ4n) is 2.54. The van der Waals surface area contributed by atoms with Crippen LogP contribution in [0.15, 0.2) is 22.7 Å². The van der Waals surface area contributed by atoms with Gasteiger partial charge in [0.25, 0.3) is 0 Å². The molecule has 1 heterocycles. The monoisotopic (exact) mass is 368 g/mol. The molecule has 0 aromatic heterocycles. The quantitative estimate of drug-likeness (QED) is 0.869. The lowest BCUT2D eigenvalue weighted by Gasteiger charge is -2.35. The smallest absolute Gasteiger partial charge is 0.240 e. The van der Waals surface area contributed by atoms with Crippen molar-refractivity contribution in [2.24, 2.45) is 0 Å². The molecular weight excluding hydrogens is 350 g/mol. The van der Waals surface area contributed by atoms with Crippen LogP contribution in [0.3, 0.4) is 0 Å². The Morgan fingerprint density at radius 3 is 2.50 bits per heavy atom. The van der Waals surface area contributed by atoms with Crippen molar-refractivity contribution >= 4 is 28.3 Å². The summed E-state index contributed by atoms with van der Waals surface area (Å²) in [5, 5.41) is 3.26. The molecule has 0 spiro atoms. The van der Waals surface area contributed by atoms with Gasteiger partial charge >= 0.3 is 0 Å². The lowest BCUT2D eigenvalue weighted by Crippen LogP contribution is -2.45. The normalized spacial score (nSPS) is 17.9. The van der Waals surface area contributed by atoms with Crippen molar-refractivity contribution in [2.75, 3.05) is 26.2 Å². The minimum absolute atomic E-state index is 0. The Labute approximate surface area is 133 Å². The highest BCUT2D eigenvalue weighted by atomic mass is 79.9. The number of nitrogens with zero attached hydrogens (tertiary/aromatic N) is 1. The molecule has 2 rings (SSSR count). The second-order valence-corrected chi connectivity index (χ2v) is 5.81. The minimum Gasteiger partial charge on any atom is -0.314 e. The molecule has 20 heavy (non-hydrogen) atoms. The lowest BCUT2D eigenvalue weighted by atomic mass is 10.00. The standard InChI is InChI=1S/C14H19BrF2N2.ClH/c1-10-2-3-11(12(15)8-10)13(9-14(16)17)19-6-4-18-5-7-19;/h2-3,8,13-14,18H,4-7,9H2,1H3;1H/t13-;/m0./s1. The van der Waals surface area contributed by atoms with Crippen LogP contribution in [0.5, 0.6) is 0 Å². The summed E-state index contributed by atoms with van der Waals surface area (Å²) in [6, 6.07) is 5.74. The van der Waals surface area contributed by atoms with E-state index in [1.54, 1.807) is 0 Å². The average Bonchev–Trinajstić information content (AvgIpc) is 2.37. The summed E-state index contributed by atoms with van der Waals surface area (Å²) in [6.07, 6.45) is -2.39. The lowest BCUT2D eigenvalue weighted by molar-refractivity contribution is 0.0736. The molecule has 1 aliphatic rings. The SMILES string of the molecule is Cc1ccc([C@H](CC(F)F)N2CCNCC2)c(Br)c1.Cl. The van der Waals surface area contributed by atoms with Crippen molar-refractivity contribution in [3.8, 4) is 0 Å². The Hall–Kier alpha value is -0.230. The highest BCUT2D eigenvalue weighted by molar-refractivity contribution is 9.10. The van der Waals surface area contributed by atoms with Crippen LogP contribution in [0.4, 0.5) is 8.78 Å². The molecule has 1 aliphatic heterocycles. The molecule has 0 radical (unpaired) electrons. The number of benzene rings is 1. The summed E-state index contributed by atoms with van der Waals surface area (Å²) < 4.78 is 26.7. The first kappa shape index (κ1) is 17.8. The predicted octanol–water partition coefficient (Wildman–Crippen LogP) is 3.78. The van der Waals surface area contributed by atoms with Gasteiger partial charge in [-0.1, -0.05) is 28.1 Å². The Morgan fingerprint density at radius 2 is 1.95 bits per heavy atom. The second kappa shape index (κ2) is 8.27. The van der Waals surface area contributed by atoms with Gasteiger partial charge in [0.2, 0.25) is 6.43 Å². The van der Waals surface area contributed by atoms with Gasteiger partial charge in [-0.2, -0.15) is 0 Å². The van der Waals surface area contributed by atoms with E-state index in [4.69, 9.17) is 0 Å². The highest BCUT2D eigenvalue weighted by Gasteiger charge is 2.26. The van der Waals surface area contributed by atoms with Crippen LogP contribution in [-0.4, -0.2) is 37.5 Å². The zero-order valence-corrected chi connectivity index (χ0v) is 13.8. The van der Waals surface area contributed by atoms with Gasteiger partial charge < -0.3 is 5.32 Å². The fourth-order valence-corrected chi connectivity index (χ4v) is 3.30. The molecule has 1 aromatic rings. The number of rotatable bonds is 4. The molecule has 114 valence electrons. The van der Waals surface area contributed by atoms with Crippen LogP contribution in [-0.2, 0) is 0 Å². The van der Waals surface area contributed by atoms with Crippen LogP contribution in [0.25, 0.3) is 0 Å². The average molecular weight is 370 g/mol. The maximum atomic E-state index is 12.9. The van der Waals surface area contributed by atoms with E-state index in [-0.39, 0.29) is 24.9 Å². The van der Waals surface area contributed by atoms with Crippen molar-refractivity contribution in [3.63, 3.8) is 0 Å². The van der Waals surface area contributed by atoms with E-state index < -0.39 is 6.43 Å². The summed E-state index contributed by atoms with van der Waals surface area (Å²) in [6.45, 7) is 5.36. The zero-order chi connectivity index (χ0) is 13.8. The Morgan fingerprint density at radius 1 is 1.30 bits per heavy atom. The molecule has 1 N–H and O–H groups in total. The molecule has 1 fully saturated rings. The van der Waals surface area contributed by atoms with Crippen molar-refractivity contribution in [1.29, 1.82) is 0 Å². The number of halogens is 4. The Balaban J connectivity index is 0.00000200. The van der Waals surface area contributed by atoms with Crippen LogP contribution < -0.4 is 5.32 Å². The van der Waals surface area contributed by atoms with Gasteiger partial charge in [0.05, 0.1) is 0 Å². The molecule has 1 aromatic carbocycles. The Kier molecular flexibility index (Phi) is 7.37. The van der Waals surface area contributed by atoms with Gasteiger partial charge in [0.15, 0.2) is 0 Å². The van der Waals surface area contributed by atoms with Gasteiger partial charge in [-0.3, -0.25) is 4.90 Å². The van der Waals surface area contributed by atoms with E-state index in [2.05, 4.69) is 26.1 Å². The van der Waals surface area contributed by atoms with E-state index in [9.17, 15) is 8.78 Å². The first-order valence-corrected chi connectivity index (χ1v) is 7.36. The molecule has 1 atom stereocenters. The molecule has 0 bridgehead atoms. The molecule has 0 saturated carbocycles. The van der Waals surface area contributed by atoms with Crippen LogP contribution in [0.1, 0.15) is 23.6 Å². The third-order valence-electron chi connectivity index (χ3n) is 3.51. The first-order valence-electron chi connectivity index (χ1n) is 6.57. The minimum atomic E-state index is -2.28. The number of piperazine rings is 1. The van der Waals surface area contributed by atoms with Crippen molar-refractivity contribution in [1.82, 2.24) is 10.2 Å². The largest absolute Gasteiger partial charge is 0.314 e.